The maximum absolute atomic E-state index is 6.94. The molecule has 0 aromatic carbocycles. The minimum absolute atomic E-state index is 0. The average molecular weight is 401 g/mol. The molecule has 0 aromatic heterocycles. The van der Waals surface area contributed by atoms with Crippen LogP contribution in [0.3, 0.4) is 0 Å². The van der Waals surface area contributed by atoms with Crippen LogP contribution >= 0.6 is 24.8 Å². The Labute approximate surface area is 169 Å². The van der Waals surface area contributed by atoms with Gasteiger partial charge in [-0.3, -0.25) is 6.08 Å². The Morgan fingerprint density at radius 2 is 1.36 bits per heavy atom. The Morgan fingerprint density at radius 3 is 1.41 bits per heavy atom. The summed E-state index contributed by atoms with van der Waals surface area (Å²) in [6, 6.07) is 2.85. The van der Waals surface area contributed by atoms with Crippen molar-refractivity contribution in [1.29, 1.82) is 0 Å². The second-order valence-corrected chi connectivity index (χ2v) is 8.36. The van der Waals surface area contributed by atoms with E-state index in [1.165, 1.54) is 28.8 Å². The van der Waals surface area contributed by atoms with Crippen LogP contribution in [0.15, 0.2) is 16.7 Å². The molecule has 1 N–H and O–H groups in total. The van der Waals surface area contributed by atoms with Crippen LogP contribution in [0.5, 0.6) is 0 Å². The van der Waals surface area contributed by atoms with Gasteiger partial charge in [0.1, 0.15) is 0 Å². The third-order valence-electron chi connectivity index (χ3n) is 2.81. The molecule has 1 radical (unpaired) electrons. The van der Waals surface area contributed by atoms with E-state index in [1.807, 2.05) is 20.8 Å². The molecule has 0 heterocycles. The maximum Gasteiger partial charge on any atom is 2.00 e. The molecule has 0 amide bonds. The van der Waals surface area contributed by atoms with Crippen molar-refractivity contribution in [1.82, 2.24) is 0 Å². The van der Waals surface area contributed by atoms with Crippen LogP contribution < -0.4 is 0 Å². The molecule has 1 nitrogen and oxygen atoms in total. The van der Waals surface area contributed by atoms with Crippen molar-refractivity contribution in [2.45, 2.75) is 79.9 Å². The summed E-state index contributed by atoms with van der Waals surface area (Å²) in [5, 5.41) is 0. The number of halogens is 2. The van der Waals surface area contributed by atoms with Gasteiger partial charge < -0.3 is 5.73 Å². The van der Waals surface area contributed by atoms with Crippen LogP contribution in [0.25, 0.3) is 5.73 Å². The van der Waals surface area contributed by atoms with E-state index in [1.54, 1.807) is 0 Å². The molecule has 0 saturated heterocycles. The van der Waals surface area contributed by atoms with Crippen molar-refractivity contribution in [2.24, 2.45) is 5.92 Å². The van der Waals surface area contributed by atoms with Gasteiger partial charge in [0.15, 0.2) is 0 Å². The molecule has 1 aliphatic carbocycles. The molecule has 5 heteroatoms. The molecular weight excluding hydrogens is 365 g/mol. The monoisotopic (exact) mass is 400 g/mol. The van der Waals surface area contributed by atoms with Crippen LogP contribution in [0.4, 0.5) is 0 Å². The zero-order chi connectivity index (χ0) is 15.6. The zero-order valence-electron chi connectivity index (χ0n) is 15.9. The average Bonchev–Trinajstić information content (AvgIpc) is 2.45. The Hall–Kier alpha value is 0.951. The van der Waals surface area contributed by atoms with Gasteiger partial charge in [-0.2, -0.15) is 11.1 Å². The van der Waals surface area contributed by atoms with Gasteiger partial charge >= 0.3 is 21.7 Å². The van der Waals surface area contributed by atoms with Gasteiger partial charge in [0.25, 0.3) is 0 Å². The minimum atomic E-state index is -0.250. The van der Waals surface area contributed by atoms with Crippen LogP contribution in [-0.2, 0) is 21.7 Å². The molecule has 0 aromatic rings. The van der Waals surface area contributed by atoms with Gasteiger partial charge in [0.05, 0.1) is 0 Å². The molecule has 0 aliphatic heterocycles. The van der Waals surface area contributed by atoms with E-state index in [-0.39, 0.29) is 52.1 Å². The Balaban J connectivity index is -0.0000000659. The van der Waals surface area contributed by atoms with Gasteiger partial charge in [-0.1, -0.05) is 73.4 Å². The Morgan fingerprint density at radius 1 is 1.05 bits per heavy atom. The molecule has 0 bridgehead atoms. The van der Waals surface area contributed by atoms with Gasteiger partial charge in [0, 0.05) is 9.52 Å². The van der Waals surface area contributed by atoms with Crippen LogP contribution in [-0.4, -0.2) is 15.1 Å². The van der Waals surface area contributed by atoms with Crippen LogP contribution in [0.2, 0.25) is 12.1 Å². The number of hydrogen-bond acceptors (Lipinski definition) is 0. The van der Waals surface area contributed by atoms with Crippen molar-refractivity contribution < 1.29 is 21.7 Å². The standard InChI is InChI=1S/C9H13.C4H10N.C4H11Si.2ClH.Ti/c1-6-5-7(2)9(4)8(6)3;1-4(2,3)5;1-3-5-4-2;;;/h6H,1-4H3;5H,1-3H3;5H,3-4H2,1-2H3;2*1H;/q2*-1;;;;+2. The van der Waals surface area contributed by atoms with E-state index in [4.69, 9.17) is 5.73 Å². The van der Waals surface area contributed by atoms with Crippen LogP contribution in [0, 0.1) is 12.0 Å². The summed E-state index contributed by atoms with van der Waals surface area (Å²) < 4.78 is 0. The predicted octanol–water partition coefficient (Wildman–Crippen LogP) is 6.70. The first-order valence-corrected chi connectivity index (χ1v) is 9.02. The van der Waals surface area contributed by atoms with Gasteiger partial charge in [-0.25, -0.2) is 5.57 Å². The molecule has 1 rings (SSSR count). The summed E-state index contributed by atoms with van der Waals surface area (Å²) in [6.45, 7) is 18.7. The fourth-order valence-corrected chi connectivity index (χ4v) is 2.03. The second-order valence-electron chi connectivity index (χ2n) is 6.15. The number of nitrogens with one attached hydrogen (secondary N) is 1. The first kappa shape index (κ1) is 34.3. The first-order valence-electron chi connectivity index (χ1n) is 7.39. The summed E-state index contributed by atoms with van der Waals surface area (Å²) in [7, 11) is 0.815. The summed E-state index contributed by atoms with van der Waals surface area (Å²) in [6.07, 6.45) is 3.36. The van der Waals surface area contributed by atoms with Gasteiger partial charge in [-0.15, -0.1) is 37.3 Å². The summed E-state index contributed by atoms with van der Waals surface area (Å²) in [5.41, 5.74) is 10.9. The van der Waals surface area contributed by atoms with E-state index in [0.717, 1.165) is 9.52 Å². The fraction of sp³-hybridized carbons (Fsp3) is 0.765. The fourth-order valence-electron chi connectivity index (χ4n) is 1.45. The third-order valence-corrected chi connectivity index (χ3v) is 3.97. The van der Waals surface area contributed by atoms with Crippen molar-refractivity contribution in [3.05, 3.63) is 28.5 Å². The molecule has 0 saturated carbocycles. The topological polar surface area (TPSA) is 23.8 Å². The number of allylic oxidation sites excluding steroid dienone is 4. The largest absolute Gasteiger partial charge is 2.00 e. The molecule has 22 heavy (non-hydrogen) atoms. The van der Waals surface area contributed by atoms with Crippen molar-refractivity contribution in [2.75, 3.05) is 0 Å². The third kappa shape index (κ3) is 23.2. The Kier molecular flexibility index (Phi) is 28.5. The van der Waals surface area contributed by atoms with Crippen molar-refractivity contribution in [3.8, 4) is 0 Å². The van der Waals surface area contributed by atoms with Crippen molar-refractivity contribution in [3.63, 3.8) is 0 Å². The smallest absolute Gasteiger partial charge is 0.673 e. The van der Waals surface area contributed by atoms with E-state index in [2.05, 4.69) is 47.6 Å². The van der Waals surface area contributed by atoms with E-state index >= 15 is 0 Å². The van der Waals surface area contributed by atoms with Crippen LogP contribution in [0.1, 0.15) is 62.3 Å². The van der Waals surface area contributed by atoms with Crippen molar-refractivity contribution >= 4 is 34.3 Å². The predicted molar refractivity (Wildman–Crippen MR) is 107 cm³/mol. The quantitative estimate of drug-likeness (QED) is 0.363. The second kappa shape index (κ2) is 18.3. The number of hydrogen-bond donors (Lipinski definition) is 0. The molecular formula is C17H36Cl2NSiTi. The SMILES string of the molecule is CC(C)(C)[NH-].CC1=[C-]C(C)C(C)=C1C.CC[SiH]CC.Cl.Cl.[Ti+2]. The Bertz CT molecular complexity index is 302. The first-order chi connectivity index (χ1) is 8.54. The molecule has 131 valence electrons. The molecule has 1 unspecified atom stereocenters. The van der Waals surface area contributed by atoms with Gasteiger partial charge in [-0.05, 0) is 0 Å². The van der Waals surface area contributed by atoms with E-state index in [0.29, 0.717) is 5.92 Å². The minimum Gasteiger partial charge on any atom is -0.673 e. The summed E-state index contributed by atoms with van der Waals surface area (Å²) >= 11 is 0. The normalized spacial score (nSPS) is 15.7. The molecule has 0 fully saturated rings. The van der Waals surface area contributed by atoms with E-state index < -0.39 is 0 Å². The van der Waals surface area contributed by atoms with E-state index in [9.17, 15) is 0 Å². The summed E-state index contributed by atoms with van der Waals surface area (Å²) in [5.74, 6) is 0.560. The van der Waals surface area contributed by atoms with Gasteiger partial charge in [0.2, 0.25) is 0 Å². The molecule has 1 aliphatic rings. The summed E-state index contributed by atoms with van der Waals surface area (Å²) in [4.78, 5) is 0. The zero-order valence-corrected chi connectivity index (χ0v) is 20.2. The molecule has 0 spiro atoms. The molecule has 1 atom stereocenters. The maximum atomic E-state index is 6.94. The number of rotatable bonds is 2.